The van der Waals surface area contributed by atoms with Crippen molar-refractivity contribution in [2.24, 2.45) is 0 Å². The molecular formula is C11H15F2N3O3. The van der Waals surface area contributed by atoms with Gasteiger partial charge in [-0.2, -0.15) is 0 Å². The maximum absolute atomic E-state index is 12.5. The van der Waals surface area contributed by atoms with Crippen LogP contribution in [0.15, 0.2) is 12.1 Å². The molecule has 19 heavy (non-hydrogen) atoms. The first-order valence-electron chi connectivity index (χ1n) is 5.48. The van der Waals surface area contributed by atoms with Crippen molar-refractivity contribution in [1.82, 2.24) is 4.98 Å². The molecule has 0 spiro atoms. The first-order chi connectivity index (χ1) is 8.99. The summed E-state index contributed by atoms with van der Waals surface area (Å²) in [6.07, 6.45) is -2.62. The first-order valence-corrected chi connectivity index (χ1v) is 5.48. The van der Waals surface area contributed by atoms with E-state index in [1.54, 1.807) is 0 Å². The Labute approximate surface area is 108 Å². The molecule has 0 unspecified atom stereocenters. The normalized spacial score (nSPS) is 10.6. The molecule has 8 heteroatoms. The summed E-state index contributed by atoms with van der Waals surface area (Å²) in [5, 5.41) is 8.88. The smallest absolute Gasteiger partial charge is 0.356 e. The number of methoxy groups -OCH3 is 1. The van der Waals surface area contributed by atoms with Crippen LogP contribution in [0, 0.1) is 0 Å². The molecular weight excluding hydrogens is 260 g/mol. The molecule has 0 amide bonds. The van der Waals surface area contributed by atoms with Crippen molar-refractivity contribution in [3.05, 3.63) is 17.8 Å². The number of rotatable bonds is 6. The average molecular weight is 275 g/mol. The summed E-state index contributed by atoms with van der Waals surface area (Å²) in [7, 11) is 1.19. The van der Waals surface area contributed by atoms with Gasteiger partial charge in [0.2, 0.25) is 0 Å². The van der Waals surface area contributed by atoms with E-state index in [0.29, 0.717) is 0 Å². The highest BCUT2D eigenvalue weighted by Gasteiger charge is 2.18. The number of nitrogens with two attached hydrogens (primary N) is 1. The summed E-state index contributed by atoms with van der Waals surface area (Å²) in [4.78, 5) is 16.4. The number of esters is 1. The zero-order chi connectivity index (χ0) is 14.4. The molecule has 0 aliphatic rings. The number of nitrogen functional groups attached to an aromatic ring is 1. The average Bonchev–Trinajstić information content (AvgIpc) is 2.37. The van der Waals surface area contributed by atoms with Gasteiger partial charge in [0.25, 0.3) is 6.43 Å². The van der Waals surface area contributed by atoms with E-state index < -0.39 is 18.9 Å². The lowest BCUT2D eigenvalue weighted by Gasteiger charge is -2.23. The van der Waals surface area contributed by atoms with E-state index in [-0.39, 0.29) is 30.4 Å². The van der Waals surface area contributed by atoms with Crippen molar-refractivity contribution in [2.75, 3.05) is 37.4 Å². The lowest BCUT2D eigenvalue weighted by Crippen LogP contribution is -2.33. The molecule has 0 saturated carbocycles. The van der Waals surface area contributed by atoms with Gasteiger partial charge in [0, 0.05) is 6.54 Å². The molecule has 106 valence electrons. The molecule has 0 atom stereocenters. The Morgan fingerprint density at radius 1 is 1.58 bits per heavy atom. The fraction of sp³-hybridized carbons (Fsp3) is 0.455. The van der Waals surface area contributed by atoms with Gasteiger partial charge in [-0.15, -0.1) is 0 Å². The Morgan fingerprint density at radius 2 is 2.26 bits per heavy atom. The van der Waals surface area contributed by atoms with Crippen molar-refractivity contribution in [3.8, 4) is 0 Å². The fourth-order valence-corrected chi connectivity index (χ4v) is 1.50. The van der Waals surface area contributed by atoms with E-state index in [1.165, 1.54) is 19.2 Å². The molecule has 0 fully saturated rings. The molecule has 0 radical (unpaired) electrons. The van der Waals surface area contributed by atoms with Gasteiger partial charge in [-0.3, -0.25) is 0 Å². The highest BCUT2D eigenvalue weighted by atomic mass is 19.3. The van der Waals surface area contributed by atoms with Crippen LogP contribution < -0.4 is 10.6 Å². The second-order valence-electron chi connectivity index (χ2n) is 3.66. The molecule has 1 heterocycles. The van der Waals surface area contributed by atoms with Crippen molar-refractivity contribution in [1.29, 1.82) is 0 Å². The van der Waals surface area contributed by atoms with E-state index in [1.807, 2.05) is 0 Å². The number of halogens is 2. The minimum atomic E-state index is -2.62. The quantitative estimate of drug-likeness (QED) is 0.736. The van der Waals surface area contributed by atoms with E-state index in [4.69, 9.17) is 10.8 Å². The Balaban J connectivity index is 3.09. The predicted octanol–water partition coefficient (Wildman–Crippen LogP) is 0.514. The third-order valence-corrected chi connectivity index (χ3v) is 2.33. The maximum Gasteiger partial charge on any atom is 0.356 e. The van der Waals surface area contributed by atoms with Crippen LogP contribution >= 0.6 is 0 Å². The van der Waals surface area contributed by atoms with Crippen LogP contribution in [0.4, 0.5) is 20.3 Å². The second-order valence-corrected chi connectivity index (χ2v) is 3.66. The highest BCUT2D eigenvalue weighted by molar-refractivity contribution is 5.88. The van der Waals surface area contributed by atoms with Crippen molar-refractivity contribution >= 4 is 17.5 Å². The lowest BCUT2D eigenvalue weighted by atomic mass is 10.3. The lowest BCUT2D eigenvalue weighted by molar-refractivity contribution is 0.0594. The fourth-order valence-electron chi connectivity index (χ4n) is 1.50. The second kappa shape index (κ2) is 6.83. The number of ether oxygens (including phenoxy) is 1. The number of aliphatic hydroxyl groups excluding tert-OH is 1. The molecule has 0 aliphatic heterocycles. The summed E-state index contributed by atoms with van der Waals surface area (Å²) in [6, 6.07) is 2.72. The van der Waals surface area contributed by atoms with Gasteiger partial charge in [0.05, 0.1) is 25.9 Å². The number of anilines is 2. The van der Waals surface area contributed by atoms with Crippen LogP contribution in [-0.4, -0.2) is 49.3 Å². The molecule has 0 aromatic carbocycles. The van der Waals surface area contributed by atoms with Crippen molar-refractivity contribution in [3.63, 3.8) is 0 Å². The van der Waals surface area contributed by atoms with Gasteiger partial charge in [-0.05, 0) is 12.1 Å². The number of carbonyl (C=O) groups is 1. The summed E-state index contributed by atoms with van der Waals surface area (Å²) < 4.78 is 29.4. The molecule has 1 aromatic heterocycles. The van der Waals surface area contributed by atoms with Gasteiger partial charge in [-0.25, -0.2) is 18.6 Å². The van der Waals surface area contributed by atoms with Crippen LogP contribution in [0.25, 0.3) is 0 Å². The third-order valence-electron chi connectivity index (χ3n) is 2.33. The number of carbonyl (C=O) groups excluding carboxylic acids is 1. The molecule has 1 rings (SSSR count). The van der Waals surface area contributed by atoms with E-state index >= 15 is 0 Å². The van der Waals surface area contributed by atoms with E-state index in [0.717, 1.165) is 4.90 Å². The molecule has 0 bridgehead atoms. The van der Waals surface area contributed by atoms with Crippen LogP contribution in [0.5, 0.6) is 0 Å². The van der Waals surface area contributed by atoms with E-state index in [9.17, 15) is 13.6 Å². The van der Waals surface area contributed by atoms with Gasteiger partial charge < -0.3 is 20.5 Å². The number of hydrogen-bond acceptors (Lipinski definition) is 6. The Bertz CT molecular complexity index is 443. The molecule has 0 saturated heterocycles. The Morgan fingerprint density at radius 3 is 2.79 bits per heavy atom. The molecule has 1 aromatic rings. The third kappa shape index (κ3) is 4.02. The van der Waals surface area contributed by atoms with Crippen LogP contribution in [0.1, 0.15) is 10.5 Å². The van der Waals surface area contributed by atoms with Gasteiger partial charge in [-0.1, -0.05) is 0 Å². The molecule has 0 aliphatic carbocycles. The van der Waals surface area contributed by atoms with Crippen LogP contribution in [0.2, 0.25) is 0 Å². The summed E-state index contributed by atoms with van der Waals surface area (Å²) >= 11 is 0. The number of aromatic nitrogens is 1. The summed E-state index contributed by atoms with van der Waals surface area (Å²) in [5.74, 6) is -0.667. The number of nitrogens with zero attached hydrogens (tertiary/aromatic N) is 2. The van der Waals surface area contributed by atoms with Gasteiger partial charge in [0.15, 0.2) is 11.5 Å². The summed E-state index contributed by atoms with van der Waals surface area (Å²) in [6.45, 7) is -1.04. The first kappa shape index (κ1) is 15.1. The molecule has 6 nitrogen and oxygen atoms in total. The zero-order valence-corrected chi connectivity index (χ0v) is 10.3. The number of pyridine rings is 1. The van der Waals surface area contributed by atoms with Crippen molar-refractivity contribution < 1.29 is 23.4 Å². The maximum atomic E-state index is 12.5. The van der Waals surface area contributed by atoms with E-state index in [2.05, 4.69) is 9.72 Å². The number of aliphatic hydroxyl groups is 1. The predicted molar refractivity (Wildman–Crippen MR) is 65.3 cm³/mol. The van der Waals surface area contributed by atoms with Gasteiger partial charge in [0.1, 0.15) is 0 Å². The van der Waals surface area contributed by atoms with Crippen LogP contribution in [-0.2, 0) is 4.74 Å². The number of hydrogen-bond donors (Lipinski definition) is 2. The van der Waals surface area contributed by atoms with Gasteiger partial charge >= 0.3 is 5.97 Å². The highest BCUT2D eigenvalue weighted by Crippen LogP contribution is 2.21. The standard InChI is InChI=1S/C11H15F2N3O3/c1-19-11(18)8-3-2-7(14)10(15-8)16(4-5-17)6-9(12)13/h2-3,9,17H,4-6,14H2,1H3. The Kier molecular flexibility index (Phi) is 5.43. The largest absolute Gasteiger partial charge is 0.464 e. The van der Waals surface area contributed by atoms with Crippen molar-refractivity contribution in [2.45, 2.75) is 6.43 Å². The minimum absolute atomic E-state index is 0.0252. The minimum Gasteiger partial charge on any atom is -0.464 e. The summed E-state index contributed by atoms with van der Waals surface area (Å²) in [5.41, 5.74) is 5.76. The monoisotopic (exact) mass is 275 g/mol. The topological polar surface area (TPSA) is 88.7 Å². The molecule has 3 N–H and O–H groups in total. The number of alkyl halides is 2. The zero-order valence-electron chi connectivity index (χ0n) is 10.3. The Hall–Kier alpha value is -1.96. The SMILES string of the molecule is COC(=O)c1ccc(N)c(N(CCO)CC(F)F)n1. The van der Waals surface area contributed by atoms with Crippen LogP contribution in [0.3, 0.4) is 0 Å².